The highest BCUT2D eigenvalue weighted by Gasteiger charge is 2.33. The summed E-state index contributed by atoms with van der Waals surface area (Å²) in [5.74, 6) is 2.01. The summed E-state index contributed by atoms with van der Waals surface area (Å²) in [4.78, 5) is 12.5. The third-order valence-electron chi connectivity index (χ3n) is 8.40. The van der Waals surface area contributed by atoms with Crippen LogP contribution in [0.3, 0.4) is 0 Å². The van der Waals surface area contributed by atoms with Gasteiger partial charge in [0.25, 0.3) is 0 Å². The molecule has 3 aliphatic rings. The van der Waals surface area contributed by atoms with Gasteiger partial charge in [-0.05, 0) is 78.3 Å². The van der Waals surface area contributed by atoms with Crippen LogP contribution in [0.25, 0.3) is 32.8 Å². The number of hydrogen-bond donors (Lipinski definition) is 4. The van der Waals surface area contributed by atoms with Crippen molar-refractivity contribution in [1.82, 2.24) is 20.6 Å². The van der Waals surface area contributed by atoms with E-state index in [1.807, 2.05) is 24.3 Å². The maximum absolute atomic E-state index is 10.4. The highest BCUT2D eigenvalue weighted by Crippen LogP contribution is 2.36. The van der Waals surface area contributed by atoms with Gasteiger partial charge >= 0.3 is 0 Å². The lowest BCUT2D eigenvalue weighted by Gasteiger charge is -2.34. The molecule has 1 aromatic heterocycles. The third-order valence-corrected chi connectivity index (χ3v) is 8.40. The second-order valence-corrected chi connectivity index (χ2v) is 10.9. The maximum atomic E-state index is 10.4. The number of piperazine rings is 1. The summed E-state index contributed by atoms with van der Waals surface area (Å²) in [6.45, 7) is 2.44. The van der Waals surface area contributed by atoms with Gasteiger partial charge in [-0.3, -0.25) is 0 Å². The maximum Gasteiger partial charge on any atom is 0.145 e. The topological polar surface area (TPSA) is 93.5 Å². The lowest BCUT2D eigenvalue weighted by molar-refractivity contribution is 0.148. The Labute approximate surface area is 216 Å². The van der Waals surface area contributed by atoms with Crippen molar-refractivity contribution in [3.05, 3.63) is 60.4 Å². The zero-order chi connectivity index (χ0) is 24.9. The van der Waals surface area contributed by atoms with Crippen molar-refractivity contribution in [3.8, 4) is 16.9 Å². The van der Waals surface area contributed by atoms with E-state index in [4.69, 9.17) is 9.97 Å². The molecule has 0 amide bonds. The third kappa shape index (κ3) is 4.31. The molecule has 3 heterocycles. The minimum absolute atomic E-state index is 0.0998. The van der Waals surface area contributed by atoms with Gasteiger partial charge < -0.3 is 25.7 Å². The number of aromatic nitrogens is 2. The molecule has 2 aliphatic heterocycles. The Morgan fingerprint density at radius 3 is 2.57 bits per heavy atom. The zero-order valence-electron chi connectivity index (χ0n) is 20.9. The van der Waals surface area contributed by atoms with Gasteiger partial charge in [0, 0.05) is 36.6 Å². The summed E-state index contributed by atoms with van der Waals surface area (Å²) in [5, 5.41) is 31.1. The molecule has 37 heavy (non-hydrogen) atoms. The summed E-state index contributed by atoms with van der Waals surface area (Å²) in [7, 11) is 0. The summed E-state index contributed by atoms with van der Waals surface area (Å²) < 4.78 is 0. The van der Waals surface area contributed by atoms with Crippen LogP contribution in [0, 0.1) is 0 Å². The molecule has 0 unspecified atom stereocenters. The lowest BCUT2D eigenvalue weighted by Crippen LogP contribution is -2.51. The largest absolute Gasteiger partial charge is 0.508 e. The monoisotopic (exact) mass is 495 g/mol. The summed E-state index contributed by atoms with van der Waals surface area (Å²) >= 11 is 0. The van der Waals surface area contributed by atoms with Crippen LogP contribution in [0.5, 0.6) is 5.75 Å². The van der Waals surface area contributed by atoms with Crippen molar-refractivity contribution in [1.29, 1.82) is 0 Å². The quantitative estimate of drug-likeness (QED) is 0.331. The number of benzene rings is 3. The molecule has 4 aromatic rings. The van der Waals surface area contributed by atoms with Gasteiger partial charge in [-0.1, -0.05) is 30.3 Å². The Bertz CT molecular complexity index is 1460. The second kappa shape index (κ2) is 9.24. The van der Waals surface area contributed by atoms with Gasteiger partial charge in [-0.2, -0.15) is 0 Å². The molecule has 2 bridgehead atoms. The van der Waals surface area contributed by atoms with Crippen LogP contribution >= 0.6 is 0 Å². The number of hydrogen-bond acceptors (Lipinski definition) is 7. The molecule has 1 aliphatic carbocycles. The van der Waals surface area contributed by atoms with E-state index >= 15 is 0 Å². The second-order valence-electron chi connectivity index (χ2n) is 10.9. The van der Waals surface area contributed by atoms with E-state index in [0.717, 1.165) is 76.8 Å². The Balaban J connectivity index is 1.32. The van der Waals surface area contributed by atoms with Crippen molar-refractivity contribution in [2.75, 3.05) is 18.0 Å². The van der Waals surface area contributed by atoms with Crippen molar-refractivity contribution in [2.24, 2.45) is 0 Å². The molecule has 7 nitrogen and oxygen atoms in total. The van der Waals surface area contributed by atoms with Crippen molar-refractivity contribution < 1.29 is 10.2 Å². The van der Waals surface area contributed by atoms with Crippen molar-refractivity contribution in [3.63, 3.8) is 0 Å². The number of nitrogens with zero attached hydrogens (tertiary/aromatic N) is 3. The van der Waals surface area contributed by atoms with Crippen LogP contribution < -0.4 is 15.5 Å². The van der Waals surface area contributed by atoms with Crippen molar-refractivity contribution >= 4 is 27.5 Å². The van der Waals surface area contributed by atoms with E-state index in [2.05, 4.69) is 39.8 Å². The van der Waals surface area contributed by atoms with Crippen LogP contribution in [0.4, 0.5) is 5.82 Å². The van der Waals surface area contributed by atoms with Gasteiger partial charge in [0.15, 0.2) is 0 Å². The Morgan fingerprint density at radius 2 is 1.76 bits per heavy atom. The van der Waals surface area contributed by atoms with E-state index in [9.17, 15) is 10.2 Å². The Morgan fingerprint density at radius 1 is 0.919 bits per heavy atom. The molecule has 3 aromatic carbocycles. The minimum atomic E-state index is -0.297. The van der Waals surface area contributed by atoms with Crippen LogP contribution in [0.2, 0.25) is 0 Å². The minimum Gasteiger partial charge on any atom is -0.508 e. The molecular formula is C30H33N5O2. The molecular weight excluding hydrogens is 462 g/mol. The standard InChI is InChI=1S/C30H33N5O2/c36-22-12-18-4-1-2-5-23(18)25(14-22)19-8-11-24-27(13-19)33-29(15-31-26-6-3-7-28(26)37)34-30(24)35-16-20-9-10-21(17-35)32-20/h1-2,4-5,8,11-14,20-21,26,28,31-32,36-37H,3,6-7,9-10,15-17H2/t20-,21+,26-,28-/m1/s1. The first-order valence-electron chi connectivity index (χ1n) is 13.6. The first-order valence-corrected chi connectivity index (χ1v) is 13.6. The number of aromatic hydroxyl groups is 1. The molecule has 0 spiro atoms. The predicted octanol–water partition coefficient (Wildman–Crippen LogP) is 4.10. The van der Waals surface area contributed by atoms with Crippen LogP contribution in [-0.2, 0) is 6.54 Å². The number of phenolic OH excluding ortho intramolecular Hbond substituents is 1. The van der Waals surface area contributed by atoms with E-state index in [0.29, 0.717) is 18.6 Å². The van der Waals surface area contributed by atoms with Gasteiger partial charge in [-0.25, -0.2) is 9.97 Å². The molecule has 190 valence electrons. The summed E-state index contributed by atoms with van der Waals surface area (Å²) in [6.07, 6.45) is 5.02. The Hall–Kier alpha value is -3.26. The molecule has 4 N–H and O–H groups in total. The number of phenols is 1. The summed E-state index contributed by atoms with van der Waals surface area (Å²) in [5.41, 5.74) is 2.92. The molecule has 3 fully saturated rings. The number of aliphatic hydroxyl groups excluding tert-OH is 1. The molecule has 2 saturated heterocycles. The van der Waals surface area contributed by atoms with Crippen LogP contribution in [0.15, 0.2) is 54.6 Å². The SMILES string of the molecule is Oc1cc(-c2ccc3c(N4C[C@H]5CC[C@@H](C4)N5)nc(CN[C@@H]4CCC[C@H]4O)nc3c2)c2ccccc2c1. The number of anilines is 1. The molecule has 4 atom stereocenters. The van der Waals surface area contributed by atoms with Gasteiger partial charge in [0.1, 0.15) is 17.4 Å². The lowest BCUT2D eigenvalue weighted by atomic mass is 9.97. The summed E-state index contributed by atoms with van der Waals surface area (Å²) in [6, 6.07) is 19.3. The van der Waals surface area contributed by atoms with Crippen molar-refractivity contribution in [2.45, 2.75) is 62.9 Å². The number of fused-ring (bicyclic) bond motifs is 4. The first-order chi connectivity index (χ1) is 18.1. The fourth-order valence-electron chi connectivity index (χ4n) is 6.55. The average Bonchev–Trinajstić information content (AvgIpc) is 3.49. The Kier molecular flexibility index (Phi) is 5.72. The smallest absolute Gasteiger partial charge is 0.145 e. The van der Waals surface area contributed by atoms with Gasteiger partial charge in [0.05, 0.1) is 18.2 Å². The van der Waals surface area contributed by atoms with Crippen LogP contribution in [0.1, 0.15) is 37.9 Å². The van der Waals surface area contributed by atoms with E-state index in [1.54, 1.807) is 6.07 Å². The predicted molar refractivity (Wildman–Crippen MR) is 147 cm³/mol. The number of aliphatic hydroxyl groups is 1. The van der Waals surface area contributed by atoms with E-state index in [-0.39, 0.29) is 17.9 Å². The van der Waals surface area contributed by atoms with Gasteiger partial charge in [-0.15, -0.1) is 0 Å². The molecule has 0 radical (unpaired) electrons. The number of rotatable bonds is 5. The average molecular weight is 496 g/mol. The highest BCUT2D eigenvalue weighted by atomic mass is 16.3. The zero-order valence-corrected chi connectivity index (χ0v) is 20.9. The highest BCUT2D eigenvalue weighted by molar-refractivity contribution is 6.00. The number of nitrogens with one attached hydrogen (secondary N) is 2. The van der Waals surface area contributed by atoms with E-state index < -0.39 is 0 Å². The van der Waals surface area contributed by atoms with Gasteiger partial charge in [0.2, 0.25) is 0 Å². The molecule has 7 heteroatoms. The molecule has 1 saturated carbocycles. The normalized spacial score (nSPS) is 25.4. The molecule has 7 rings (SSSR count). The van der Waals surface area contributed by atoms with E-state index in [1.165, 1.54) is 12.8 Å². The fraction of sp³-hybridized carbons (Fsp3) is 0.400. The van der Waals surface area contributed by atoms with Crippen LogP contribution in [-0.4, -0.2) is 57.5 Å². The first kappa shape index (κ1) is 22.9. The fourth-order valence-corrected chi connectivity index (χ4v) is 6.55.